The fraction of sp³-hybridized carbons (Fsp3) is 0.0833. The number of ether oxygens (including phenoxy) is 1. The molecule has 1 aromatic carbocycles. The van der Waals surface area contributed by atoms with Gasteiger partial charge in [-0.15, -0.1) is 0 Å². The van der Waals surface area contributed by atoms with E-state index in [1.165, 1.54) is 12.1 Å². The Morgan fingerprint density at radius 2 is 2.18 bits per heavy atom. The lowest BCUT2D eigenvalue weighted by atomic mass is 10.2. The lowest BCUT2D eigenvalue weighted by molar-refractivity contribution is 0.266. The standard InChI is InChI=1S/C12H7BrFNO2/c13-12-5-4-8(17-12)7-16-11-3-1-2-10(14)9(11)6-15/h1-5H,7H2. The Morgan fingerprint density at radius 3 is 2.82 bits per heavy atom. The van der Waals surface area contributed by atoms with Crippen molar-refractivity contribution in [2.75, 3.05) is 0 Å². The Hall–Kier alpha value is -1.80. The zero-order valence-electron chi connectivity index (χ0n) is 8.61. The summed E-state index contributed by atoms with van der Waals surface area (Å²) in [6, 6.07) is 9.48. The largest absolute Gasteiger partial charge is 0.484 e. The van der Waals surface area contributed by atoms with Crippen LogP contribution < -0.4 is 4.74 Å². The summed E-state index contributed by atoms with van der Waals surface area (Å²) >= 11 is 3.16. The second kappa shape index (κ2) is 5.02. The Labute approximate surface area is 106 Å². The van der Waals surface area contributed by atoms with Crippen molar-refractivity contribution in [3.05, 3.63) is 52.1 Å². The van der Waals surface area contributed by atoms with Crippen molar-refractivity contribution in [2.45, 2.75) is 6.61 Å². The first-order valence-corrected chi connectivity index (χ1v) is 5.55. The SMILES string of the molecule is N#Cc1c(F)cccc1OCc1ccc(Br)o1. The van der Waals surface area contributed by atoms with Crippen LogP contribution in [0.2, 0.25) is 0 Å². The summed E-state index contributed by atoms with van der Waals surface area (Å²) in [6.07, 6.45) is 0. The van der Waals surface area contributed by atoms with Crippen LogP contribution in [0, 0.1) is 17.1 Å². The second-order valence-corrected chi connectivity index (χ2v) is 4.00. The molecule has 0 amide bonds. The first-order chi connectivity index (χ1) is 8.20. The maximum absolute atomic E-state index is 13.2. The molecular formula is C12H7BrFNO2. The Kier molecular flexibility index (Phi) is 3.45. The highest BCUT2D eigenvalue weighted by Crippen LogP contribution is 2.22. The first kappa shape index (κ1) is 11.7. The van der Waals surface area contributed by atoms with Crippen molar-refractivity contribution in [3.8, 4) is 11.8 Å². The summed E-state index contributed by atoms with van der Waals surface area (Å²) in [7, 11) is 0. The van der Waals surface area contributed by atoms with Gasteiger partial charge in [-0.1, -0.05) is 6.07 Å². The van der Waals surface area contributed by atoms with Gasteiger partial charge in [-0.3, -0.25) is 0 Å². The van der Waals surface area contributed by atoms with Crippen molar-refractivity contribution in [1.82, 2.24) is 0 Å². The molecule has 86 valence electrons. The van der Waals surface area contributed by atoms with Gasteiger partial charge in [0.1, 0.15) is 35.6 Å². The van der Waals surface area contributed by atoms with Gasteiger partial charge in [0.2, 0.25) is 0 Å². The van der Waals surface area contributed by atoms with E-state index in [2.05, 4.69) is 15.9 Å². The van der Waals surface area contributed by atoms with Crippen LogP contribution in [0.25, 0.3) is 0 Å². The van der Waals surface area contributed by atoms with Gasteiger partial charge < -0.3 is 9.15 Å². The maximum Gasteiger partial charge on any atom is 0.169 e. The van der Waals surface area contributed by atoms with Crippen LogP contribution >= 0.6 is 15.9 Å². The third-order valence-corrected chi connectivity index (χ3v) is 2.51. The molecule has 0 radical (unpaired) electrons. The molecule has 0 aliphatic rings. The molecule has 2 aromatic rings. The molecule has 0 unspecified atom stereocenters. The van der Waals surface area contributed by atoms with Crippen LogP contribution in [0.5, 0.6) is 5.75 Å². The number of halogens is 2. The van der Waals surface area contributed by atoms with Crippen LogP contribution in [-0.4, -0.2) is 0 Å². The van der Waals surface area contributed by atoms with Crippen LogP contribution in [0.1, 0.15) is 11.3 Å². The van der Waals surface area contributed by atoms with Gasteiger partial charge in [0.25, 0.3) is 0 Å². The molecule has 1 aromatic heterocycles. The van der Waals surface area contributed by atoms with Gasteiger partial charge in [0.05, 0.1) is 0 Å². The molecule has 0 saturated carbocycles. The number of rotatable bonds is 3. The number of hydrogen-bond donors (Lipinski definition) is 0. The lowest BCUT2D eigenvalue weighted by Crippen LogP contribution is -1.97. The van der Waals surface area contributed by atoms with Crippen LogP contribution in [0.3, 0.4) is 0 Å². The molecule has 5 heteroatoms. The Bertz CT molecular complexity index is 574. The first-order valence-electron chi connectivity index (χ1n) is 4.76. The minimum absolute atomic E-state index is 0.0990. The van der Waals surface area contributed by atoms with E-state index >= 15 is 0 Å². The highest BCUT2D eigenvalue weighted by Gasteiger charge is 2.09. The number of nitrogens with zero attached hydrogens (tertiary/aromatic N) is 1. The lowest BCUT2D eigenvalue weighted by Gasteiger charge is -2.06. The van der Waals surface area contributed by atoms with Gasteiger partial charge in [0.15, 0.2) is 4.67 Å². The molecule has 0 bridgehead atoms. The van der Waals surface area contributed by atoms with Gasteiger partial charge in [-0.05, 0) is 40.2 Å². The quantitative estimate of drug-likeness (QED) is 0.868. The third-order valence-electron chi connectivity index (χ3n) is 2.09. The molecule has 0 N–H and O–H groups in total. The smallest absolute Gasteiger partial charge is 0.169 e. The predicted molar refractivity (Wildman–Crippen MR) is 61.9 cm³/mol. The molecule has 0 aliphatic carbocycles. The van der Waals surface area contributed by atoms with Crippen molar-refractivity contribution < 1.29 is 13.5 Å². The van der Waals surface area contributed by atoms with E-state index < -0.39 is 5.82 Å². The van der Waals surface area contributed by atoms with Crippen LogP contribution in [-0.2, 0) is 6.61 Å². The summed E-state index contributed by atoms with van der Waals surface area (Å²) in [5.74, 6) is 0.204. The minimum atomic E-state index is -0.592. The number of furan rings is 1. The van der Waals surface area contributed by atoms with Crippen molar-refractivity contribution in [3.63, 3.8) is 0 Å². The van der Waals surface area contributed by atoms with E-state index in [1.807, 2.05) is 0 Å². The molecule has 0 saturated heterocycles. The molecule has 17 heavy (non-hydrogen) atoms. The molecule has 3 nitrogen and oxygen atoms in total. The molecule has 0 aliphatic heterocycles. The van der Waals surface area contributed by atoms with E-state index in [9.17, 15) is 4.39 Å². The summed E-state index contributed by atoms with van der Waals surface area (Å²) in [6.45, 7) is 0.143. The summed E-state index contributed by atoms with van der Waals surface area (Å²) in [5, 5.41) is 8.80. The van der Waals surface area contributed by atoms with Crippen molar-refractivity contribution in [1.29, 1.82) is 5.26 Å². The predicted octanol–water partition coefficient (Wildman–Crippen LogP) is 3.63. The number of benzene rings is 1. The Balaban J connectivity index is 2.14. The summed E-state index contributed by atoms with van der Waals surface area (Å²) in [5.41, 5.74) is -0.0990. The van der Waals surface area contributed by atoms with E-state index in [1.54, 1.807) is 24.3 Å². The normalized spacial score (nSPS) is 9.94. The summed E-state index contributed by atoms with van der Waals surface area (Å²) in [4.78, 5) is 0. The second-order valence-electron chi connectivity index (χ2n) is 3.22. The van der Waals surface area contributed by atoms with Crippen molar-refractivity contribution >= 4 is 15.9 Å². The zero-order chi connectivity index (χ0) is 12.3. The van der Waals surface area contributed by atoms with E-state index in [0.29, 0.717) is 10.4 Å². The topological polar surface area (TPSA) is 46.2 Å². The van der Waals surface area contributed by atoms with E-state index in [4.69, 9.17) is 14.4 Å². The van der Waals surface area contributed by atoms with Gasteiger partial charge in [-0.2, -0.15) is 5.26 Å². The monoisotopic (exact) mass is 295 g/mol. The fourth-order valence-corrected chi connectivity index (χ4v) is 1.65. The van der Waals surface area contributed by atoms with Gasteiger partial charge >= 0.3 is 0 Å². The van der Waals surface area contributed by atoms with Gasteiger partial charge in [-0.25, -0.2) is 4.39 Å². The van der Waals surface area contributed by atoms with E-state index in [0.717, 1.165) is 0 Å². The Morgan fingerprint density at radius 1 is 1.35 bits per heavy atom. The minimum Gasteiger partial charge on any atom is -0.484 e. The molecule has 0 fully saturated rings. The maximum atomic E-state index is 13.2. The average Bonchev–Trinajstić information content (AvgIpc) is 2.72. The van der Waals surface area contributed by atoms with Crippen molar-refractivity contribution in [2.24, 2.45) is 0 Å². The number of hydrogen-bond acceptors (Lipinski definition) is 3. The van der Waals surface area contributed by atoms with Crippen LogP contribution in [0.15, 0.2) is 39.4 Å². The number of nitriles is 1. The molecular weight excluding hydrogens is 289 g/mol. The third kappa shape index (κ3) is 2.66. The molecule has 0 spiro atoms. The van der Waals surface area contributed by atoms with E-state index in [-0.39, 0.29) is 17.9 Å². The molecule has 2 rings (SSSR count). The zero-order valence-corrected chi connectivity index (χ0v) is 10.2. The molecule has 0 atom stereocenters. The van der Waals surface area contributed by atoms with Crippen LogP contribution in [0.4, 0.5) is 4.39 Å². The average molecular weight is 296 g/mol. The fourth-order valence-electron chi connectivity index (χ4n) is 1.31. The van der Waals surface area contributed by atoms with Gasteiger partial charge in [0, 0.05) is 0 Å². The highest BCUT2D eigenvalue weighted by molar-refractivity contribution is 9.10. The summed E-state index contributed by atoms with van der Waals surface area (Å²) < 4.78 is 24.4. The highest BCUT2D eigenvalue weighted by atomic mass is 79.9. The molecule has 1 heterocycles.